The van der Waals surface area contributed by atoms with E-state index in [4.69, 9.17) is 18.9 Å². The molecule has 0 aliphatic carbocycles. The molecule has 0 radical (unpaired) electrons. The molecule has 0 saturated carbocycles. The maximum absolute atomic E-state index is 12.1. The van der Waals surface area contributed by atoms with Crippen LogP contribution in [0.3, 0.4) is 0 Å². The normalized spacial score (nSPS) is 21.6. The Balaban J connectivity index is 2.05. The van der Waals surface area contributed by atoms with Gasteiger partial charge in [-0.3, -0.25) is 4.79 Å². The Morgan fingerprint density at radius 1 is 1.23 bits per heavy atom. The molecule has 1 amide bonds. The minimum Gasteiger partial charge on any atom is -0.459 e. The first-order valence-electron chi connectivity index (χ1n) is 7.65. The van der Waals surface area contributed by atoms with Crippen molar-refractivity contribution in [1.29, 1.82) is 0 Å². The van der Waals surface area contributed by atoms with Crippen LogP contribution >= 0.6 is 0 Å². The van der Waals surface area contributed by atoms with Crippen LogP contribution in [0.4, 0.5) is 9.59 Å². The van der Waals surface area contributed by atoms with Gasteiger partial charge in [-0.25, -0.2) is 9.59 Å². The van der Waals surface area contributed by atoms with E-state index in [9.17, 15) is 14.4 Å². The van der Waals surface area contributed by atoms with E-state index in [1.165, 1.54) is 13.2 Å². The van der Waals surface area contributed by atoms with Crippen LogP contribution in [0.25, 0.3) is 0 Å². The number of amides is 1. The van der Waals surface area contributed by atoms with Crippen molar-refractivity contribution in [2.24, 2.45) is 0 Å². The zero-order valence-electron chi connectivity index (χ0n) is 14.2. The molecular formula is C17H19NO8. The Morgan fingerprint density at radius 2 is 1.96 bits per heavy atom. The summed E-state index contributed by atoms with van der Waals surface area (Å²) in [6.45, 7) is 0.0514. The van der Waals surface area contributed by atoms with E-state index in [2.05, 4.69) is 10.1 Å². The standard InChI is InChI=1S/C17H19NO8/c1-22-15-14(13(26-17(21)23-2)8-12(9-19)25-15)18-16(20)24-10-11-6-4-3-5-7-11/h3-9,13-15H,10H2,1-2H3,(H,18,20)/t13-,14+,15-/m0/s1. The first-order chi connectivity index (χ1) is 12.6. The number of carbonyl (C=O) groups excluding carboxylic acids is 3. The molecule has 3 atom stereocenters. The Bertz CT molecular complexity index is 660. The topological polar surface area (TPSA) is 109 Å². The van der Waals surface area contributed by atoms with E-state index in [0.29, 0.717) is 6.29 Å². The third-order valence-corrected chi connectivity index (χ3v) is 3.47. The molecule has 0 saturated heterocycles. The summed E-state index contributed by atoms with van der Waals surface area (Å²) in [6, 6.07) is 8.13. The second-order valence-electron chi connectivity index (χ2n) is 5.18. The second-order valence-corrected chi connectivity index (χ2v) is 5.18. The average Bonchev–Trinajstić information content (AvgIpc) is 2.68. The van der Waals surface area contributed by atoms with Crippen LogP contribution in [0.15, 0.2) is 42.2 Å². The Kier molecular flexibility index (Phi) is 6.98. The van der Waals surface area contributed by atoms with Crippen LogP contribution in [0.2, 0.25) is 0 Å². The molecule has 9 heteroatoms. The van der Waals surface area contributed by atoms with Gasteiger partial charge in [0, 0.05) is 13.2 Å². The van der Waals surface area contributed by atoms with Crippen molar-refractivity contribution >= 4 is 18.5 Å². The third-order valence-electron chi connectivity index (χ3n) is 3.47. The monoisotopic (exact) mass is 365 g/mol. The zero-order chi connectivity index (χ0) is 18.9. The van der Waals surface area contributed by atoms with Gasteiger partial charge in [-0.15, -0.1) is 0 Å². The van der Waals surface area contributed by atoms with Gasteiger partial charge in [0.15, 0.2) is 18.1 Å². The number of aldehydes is 1. The van der Waals surface area contributed by atoms with Crippen LogP contribution < -0.4 is 5.32 Å². The second kappa shape index (κ2) is 9.42. The lowest BCUT2D eigenvalue weighted by Crippen LogP contribution is -2.55. The zero-order valence-corrected chi connectivity index (χ0v) is 14.2. The van der Waals surface area contributed by atoms with Gasteiger partial charge in [0.1, 0.15) is 12.6 Å². The van der Waals surface area contributed by atoms with Crippen LogP contribution in [-0.2, 0) is 35.1 Å². The van der Waals surface area contributed by atoms with E-state index in [0.717, 1.165) is 12.7 Å². The summed E-state index contributed by atoms with van der Waals surface area (Å²) in [7, 11) is 2.45. The van der Waals surface area contributed by atoms with Gasteiger partial charge in [0.25, 0.3) is 0 Å². The van der Waals surface area contributed by atoms with E-state index >= 15 is 0 Å². The first kappa shape index (κ1) is 19.3. The summed E-state index contributed by atoms with van der Waals surface area (Å²) in [5.74, 6) is -0.0959. The van der Waals surface area contributed by atoms with Gasteiger partial charge in [-0.05, 0) is 5.56 Å². The minimum absolute atomic E-state index is 0.0514. The molecular weight excluding hydrogens is 346 g/mol. The van der Waals surface area contributed by atoms with E-state index in [-0.39, 0.29) is 12.4 Å². The summed E-state index contributed by atoms with van der Waals surface area (Å²) in [5, 5.41) is 2.51. The molecule has 1 aromatic carbocycles. The number of hydrogen-bond acceptors (Lipinski definition) is 8. The fraction of sp³-hybridized carbons (Fsp3) is 0.353. The highest BCUT2D eigenvalue weighted by Crippen LogP contribution is 2.21. The van der Waals surface area contributed by atoms with Gasteiger partial charge in [-0.2, -0.15) is 0 Å². The van der Waals surface area contributed by atoms with E-state index < -0.39 is 30.7 Å². The lowest BCUT2D eigenvalue weighted by Gasteiger charge is -2.34. The summed E-state index contributed by atoms with van der Waals surface area (Å²) in [5.41, 5.74) is 0.802. The molecule has 1 heterocycles. The number of nitrogens with one attached hydrogen (secondary N) is 1. The Hall–Kier alpha value is -3.07. The third kappa shape index (κ3) is 5.21. The molecule has 1 aliphatic rings. The van der Waals surface area contributed by atoms with Gasteiger partial charge < -0.3 is 29.0 Å². The van der Waals surface area contributed by atoms with Crippen molar-refractivity contribution in [1.82, 2.24) is 5.32 Å². The van der Waals surface area contributed by atoms with Crippen molar-refractivity contribution < 1.29 is 38.1 Å². The lowest BCUT2D eigenvalue weighted by molar-refractivity contribution is -0.149. The summed E-state index contributed by atoms with van der Waals surface area (Å²) < 4.78 is 25.0. The number of hydrogen-bond donors (Lipinski definition) is 1. The summed E-state index contributed by atoms with van der Waals surface area (Å²) >= 11 is 0. The maximum Gasteiger partial charge on any atom is 0.508 e. The number of allylic oxidation sites excluding steroid dienone is 1. The summed E-state index contributed by atoms with van der Waals surface area (Å²) in [4.78, 5) is 34.5. The Morgan fingerprint density at radius 3 is 2.58 bits per heavy atom. The molecule has 26 heavy (non-hydrogen) atoms. The van der Waals surface area contributed by atoms with Crippen molar-refractivity contribution in [2.45, 2.75) is 25.0 Å². The molecule has 0 bridgehead atoms. The number of alkyl carbamates (subject to hydrolysis) is 1. The fourth-order valence-electron chi connectivity index (χ4n) is 2.25. The molecule has 1 N–H and O–H groups in total. The van der Waals surface area contributed by atoms with E-state index in [1.54, 1.807) is 12.1 Å². The highest BCUT2D eigenvalue weighted by molar-refractivity contribution is 5.72. The highest BCUT2D eigenvalue weighted by Gasteiger charge is 2.39. The fourth-order valence-corrected chi connectivity index (χ4v) is 2.25. The number of carbonyl (C=O) groups is 3. The molecule has 0 aromatic heterocycles. The maximum atomic E-state index is 12.1. The smallest absolute Gasteiger partial charge is 0.459 e. The predicted octanol–water partition coefficient (Wildman–Crippen LogP) is 1.52. The molecule has 2 rings (SSSR count). The number of ether oxygens (including phenoxy) is 5. The molecule has 0 unspecified atom stereocenters. The van der Waals surface area contributed by atoms with Crippen LogP contribution in [0, 0.1) is 0 Å². The first-order valence-corrected chi connectivity index (χ1v) is 7.65. The number of methoxy groups -OCH3 is 2. The van der Waals surface area contributed by atoms with Gasteiger partial charge in [0.05, 0.1) is 7.11 Å². The molecule has 1 aromatic rings. The van der Waals surface area contributed by atoms with Gasteiger partial charge in [0.2, 0.25) is 6.29 Å². The van der Waals surface area contributed by atoms with Gasteiger partial charge in [-0.1, -0.05) is 30.3 Å². The highest BCUT2D eigenvalue weighted by atomic mass is 16.7. The number of rotatable bonds is 6. The minimum atomic E-state index is -1.07. The predicted molar refractivity (Wildman–Crippen MR) is 86.9 cm³/mol. The molecule has 9 nitrogen and oxygen atoms in total. The van der Waals surface area contributed by atoms with Crippen LogP contribution in [-0.4, -0.2) is 51.2 Å². The van der Waals surface area contributed by atoms with Crippen molar-refractivity contribution in [3.63, 3.8) is 0 Å². The molecule has 1 aliphatic heterocycles. The average molecular weight is 365 g/mol. The van der Waals surface area contributed by atoms with Gasteiger partial charge >= 0.3 is 12.2 Å². The summed E-state index contributed by atoms with van der Waals surface area (Å²) in [6.07, 6.45) is -2.21. The molecule has 0 spiro atoms. The van der Waals surface area contributed by atoms with Crippen molar-refractivity contribution in [3.05, 3.63) is 47.7 Å². The SMILES string of the molecule is COC(=O)O[C@H]1C=C(C=O)O[C@H](OC)[C@@H]1NC(=O)OCc1ccccc1. The van der Waals surface area contributed by atoms with Crippen LogP contribution in [0.5, 0.6) is 0 Å². The number of benzene rings is 1. The lowest BCUT2D eigenvalue weighted by atomic mass is 10.1. The quantitative estimate of drug-likeness (QED) is 0.597. The van der Waals surface area contributed by atoms with Crippen LogP contribution in [0.1, 0.15) is 5.56 Å². The van der Waals surface area contributed by atoms with Crippen molar-refractivity contribution in [2.75, 3.05) is 14.2 Å². The Labute approximate surface area is 149 Å². The molecule has 0 fully saturated rings. The largest absolute Gasteiger partial charge is 0.508 e. The van der Waals surface area contributed by atoms with Crippen molar-refractivity contribution in [3.8, 4) is 0 Å². The van der Waals surface area contributed by atoms with E-state index in [1.807, 2.05) is 18.2 Å². The molecule has 140 valence electrons.